The van der Waals surface area contributed by atoms with E-state index in [4.69, 9.17) is 9.47 Å². The van der Waals surface area contributed by atoms with Gasteiger partial charge in [-0.1, -0.05) is 80.4 Å². The number of ether oxygens (including phenoxy) is 2. The summed E-state index contributed by atoms with van der Waals surface area (Å²) in [5.74, 6) is 0.869. The Morgan fingerprint density at radius 1 is 0.690 bits per heavy atom. The van der Waals surface area contributed by atoms with Gasteiger partial charge in [0.1, 0.15) is 11.9 Å². The summed E-state index contributed by atoms with van der Waals surface area (Å²) < 4.78 is 11.0. The Kier molecular flexibility index (Phi) is 7.89. The lowest BCUT2D eigenvalue weighted by Crippen LogP contribution is -2.17. The minimum Gasteiger partial charge on any atom is -0.488 e. The zero-order valence-corrected chi connectivity index (χ0v) is 17.9. The van der Waals surface area contributed by atoms with E-state index in [9.17, 15) is 0 Å². The zero-order valence-electron chi connectivity index (χ0n) is 17.9. The van der Waals surface area contributed by atoms with Crippen LogP contribution < -0.4 is 4.74 Å². The maximum Gasteiger partial charge on any atom is 0.119 e. The summed E-state index contributed by atoms with van der Waals surface area (Å²) in [4.78, 5) is 0. The van der Waals surface area contributed by atoms with Crippen LogP contribution in [0.3, 0.4) is 0 Å². The Hall–Kier alpha value is -2.58. The van der Waals surface area contributed by atoms with E-state index in [0.29, 0.717) is 6.61 Å². The molecule has 0 aliphatic carbocycles. The van der Waals surface area contributed by atoms with Gasteiger partial charge < -0.3 is 9.47 Å². The third-order valence-electron chi connectivity index (χ3n) is 5.17. The molecule has 0 bridgehead atoms. The van der Waals surface area contributed by atoms with Crippen molar-refractivity contribution in [1.29, 1.82) is 0 Å². The molecule has 0 fully saturated rings. The van der Waals surface area contributed by atoms with Crippen molar-refractivity contribution >= 4 is 0 Å². The van der Waals surface area contributed by atoms with Gasteiger partial charge in [0.2, 0.25) is 0 Å². The molecule has 3 aromatic rings. The number of hydrogen-bond donors (Lipinski definition) is 0. The first kappa shape index (κ1) is 21.1. The summed E-state index contributed by atoms with van der Waals surface area (Å²) in [7, 11) is 1.69. The molecule has 3 rings (SSSR count). The van der Waals surface area contributed by atoms with Gasteiger partial charge in [0.15, 0.2) is 0 Å². The second kappa shape index (κ2) is 10.8. The van der Waals surface area contributed by atoms with Crippen molar-refractivity contribution in [2.24, 2.45) is 0 Å². The van der Waals surface area contributed by atoms with Crippen LogP contribution >= 0.6 is 0 Å². The first-order chi connectivity index (χ1) is 14.2. The van der Waals surface area contributed by atoms with Crippen LogP contribution in [0.15, 0.2) is 72.8 Å². The number of aryl methyl sites for hydroxylation is 1. The predicted molar refractivity (Wildman–Crippen MR) is 123 cm³/mol. The Morgan fingerprint density at radius 2 is 1.17 bits per heavy atom. The largest absolute Gasteiger partial charge is 0.488 e. The van der Waals surface area contributed by atoms with E-state index in [1.807, 2.05) is 19.1 Å². The van der Waals surface area contributed by atoms with E-state index in [1.54, 1.807) is 7.11 Å². The molecular weight excluding hydrogens is 356 g/mol. The smallest absolute Gasteiger partial charge is 0.119 e. The quantitative estimate of drug-likeness (QED) is 0.343. The van der Waals surface area contributed by atoms with Crippen LogP contribution in [-0.4, -0.2) is 19.8 Å². The highest BCUT2D eigenvalue weighted by Crippen LogP contribution is 2.27. The van der Waals surface area contributed by atoms with Crippen LogP contribution in [0.5, 0.6) is 5.75 Å². The van der Waals surface area contributed by atoms with Crippen LogP contribution in [0.1, 0.15) is 38.7 Å². The van der Waals surface area contributed by atoms with Crippen LogP contribution in [0.2, 0.25) is 0 Å². The Balaban J connectivity index is 1.64. The van der Waals surface area contributed by atoms with Gasteiger partial charge in [-0.15, -0.1) is 0 Å². The van der Waals surface area contributed by atoms with E-state index in [-0.39, 0.29) is 6.10 Å². The molecule has 0 unspecified atom stereocenters. The highest BCUT2D eigenvalue weighted by molar-refractivity contribution is 5.70. The Morgan fingerprint density at radius 3 is 1.66 bits per heavy atom. The minimum absolute atomic E-state index is 0.0446. The van der Waals surface area contributed by atoms with Crippen LogP contribution in [0, 0.1) is 0 Å². The fourth-order valence-corrected chi connectivity index (χ4v) is 3.53. The Bertz CT molecular complexity index is 849. The SMILES string of the molecule is CCCCCc1ccc(-c2ccc(-c3ccc(O[C@H](C)COC)cc3)cc2)cc1. The second-order valence-corrected chi connectivity index (χ2v) is 7.64. The highest BCUT2D eigenvalue weighted by Gasteiger charge is 2.05. The van der Waals surface area contributed by atoms with Gasteiger partial charge >= 0.3 is 0 Å². The Labute approximate surface area is 175 Å². The van der Waals surface area contributed by atoms with Gasteiger partial charge in [0.25, 0.3) is 0 Å². The summed E-state index contributed by atoms with van der Waals surface area (Å²) in [5.41, 5.74) is 6.35. The van der Waals surface area contributed by atoms with Gasteiger partial charge in [-0.05, 0) is 59.7 Å². The monoisotopic (exact) mass is 388 g/mol. The van der Waals surface area contributed by atoms with E-state index in [1.165, 1.54) is 53.5 Å². The molecule has 1 atom stereocenters. The third-order valence-corrected chi connectivity index (χ3v) is 5.17. The summed E-state index contributed by atoms with van der Waals surface area (Å²) >= 11 is 0. The second-order valence-electron chi connectivity index (χ2n) is 7.64. The predicted octanol–water partition coefficient (Wildman–Crippen LogP) is 7.17. The zero-order chi connectivity index (χ0) is 20.5. The topological polar surface area (TPSA) is 18.5 Å². The molecule has 0 heterocycles. The fourth-order valence-electron chi connectivity index (χ4n) is 3.53. The molecule has 0 aliphatic rings. The molecule has 2 heteroatoms. The van der Waals surface area contributed by atoms with Crippen LogP contribution in [0.25, 0.3) is 22.3 Å². The fraction of sp³-hybridized carbons (Fsp3) is 0.333. The lowest BCUT2D eigenvalue weighted by Gasteiger charge is -2.14. The minimum atomic E-state index is 0.0446. The molecule has 2 nitrogen and oxygen atoms in total. The highest BCUT2D eigenvalue weighted by atomic mass is 16.5. The first-order valence-corrected chi connectivity index (χ1v) is 10.6. The first-order valence-electron chi connectivity index (χ1n) is 10.6. The number of rotatable bonds is 10. The van der Waals surface area contributed by atoms with Gasteiger partial charge in [-0.2, -0.15) is 0 Å². The molecule has 0 N–H and O–H groups in total. The molecule has 0 aromatic heterocycles. The lowest BCUT2D eigenvalue weighted by molar-refractivity contribution is 0.0921. The maximum atomic E-state index is 5.84. The number of methoxy groups -OCH3 is 1. The third kappa shape index (κ3) is 6.20. The summed E-state index contributed by atoms with van der Waals surface area (Å²) in [6, 6.07) is 26.0. The van der Waals surface area contributed by atoms with Crippen molar-refractivity contribution < 1.29 is 9.47 Å². The van der Waals surface area contributed by atoms with E-state index >= 15 is 0 Å². The van der Waals surface area contributed by atoms with Crippen molar-refractivity contribution in [3.63, 3.8) is 0 Å². The average Bonchev–Trinajstić information content (AvgIpc) is 2.75. The van der Waals surface area contributed by atoms with Gasteiger partial charge in [-0.3, -0.25) is 0 Å². The van der Waals surface area contributed by atoms with Gasteiger partial charge in [0.05, 0.1) is 6.61 Å². The summed E-state index contributed by atoms with van der Waals surface area (Å²) in [5, 5.41) is 0. The van der Waals surface area contributed by atoms with Crippen molar-refractivity contribution in [2.45, 2.75) is 45.6 Å². The van der Waals surface area contributed by atoms with Gasteiger partial charge in [-0.25, -0.2) is 0 Å². The molecule has 0 saturated carbocycles. The van der Waals surface area contributed by atoms with E-state index < -0.39 is 0 Å². The average molecular weight is 389 g/mol. The van der Waals surface area contributed by atoms with Crippen molar-refractivity contribution in [3.8, 4) is 28.0 Å². The van der Waals surface area contributed by atoms with Crippen molar-refractivity contribution in [1.82, 2.24) is 0 Å². The molecule has 0 aliphatic heterocycles. The molecule has 3 aromatic carbocycles. The normalized spacial score (nSPS) is 12.0. The molecule has 152 valence electrons. The summed E-state index contributed by atoms with van der Waals surface area (Å²) in [6.07, 6.45) is 5.08. The molecule has 0 spiro atoms. The van der Waals surface area contributed by atoms with Crippen LogP contribution in [-0.2, 0) is 11.2 Å². The molecular formula is C27H32O2. The van der Waals surface area contributed by atoms with Gasteiger partial charge in [0, 0.05) is 7.11 Å². The molecule has 29 heavy (non-hydrogen) atoms. The maximum absolute atomic E-state index is 5.84. The summed E-state index contributed by atoms with van der Waals surface area (Å²) in [6.45, 7) is 4.84. The molecule has 0 amide bonds. The molecule has 0 radical (unpaired) electrons. The number of unbranched alkanes of at least 4 members (excludes halogenated alkanes) is 2. The lowest BCUT2D eigenvalue weighted by atomic mass is 9.98. The van der Waals surface area contributed by atoms with E-state index in [0.717, 1.165) is 5.75 Å². The van der Waals surface area contributed by atoms with E-state index in [2.05, 4.69) is 67.6 Å². The number of hydrogen-bond acceptors (Lipinski definition) is 2. The van der Waals surface area contributed by atoms with Crippen molar-refractivity contribution in [2.75, 3.05) is 13.7 Å². The van der Waals surface area contributed by atoms with Crippen molar-refractivity contribution in [3.05, 3.63) is 78.4 Å². The number of benzene rings is 3. The molecule has 0 saturated heterocycles. The standard InChI is InChI=1S/C27H32O2/c1-4-5-6-7-22-8-10-23(11-9-22)24-12-14-25(15-13-24)26-16-18-27(19-17-26)29-21(2)20-28-3/h8-19,21H,4-7,20H2,1-3H3/t21-/m1/s1. The van der Waals surface area contributed by atoms with Crippen LogP contribution in [0.4, 0.5) is 0 Å².